The Kier molecular flexibility index (Phi) is 8.38. The van der Waals surface area contributed by atoms with Crippen LogP contribution in [0.2, 0.25) is 10.0 Å². The van der Waals surface area contributed by atoms with Crippen LogP contribution in [0.25, 0.3) is 11.1 Å². The van der Waals surface area contributed by atoms with Gasteiger partial charge in [0.1, 0.15) is 18.2 Å². The van der Waals surface area contributed by atoms with Gasteiger partial charge in [-0.15, -0.1) is 3.89 Å². The maximum absolute atomic E-state index is 13.0. The quantitative estimate of drug-likeness (QED) is 0.204. The number of carbonyl (C=O) groups excluding carboxylic acids is 1. The fraction of sp³-hybridized carbons (Fsp3) is 0.0800. The lowest BCUT2D eigenvalue weighted by atomic mass is 10.0. The maximum atomic E-state index is 13.0. The molecule has 202 valence electrons. The first-order chi connectivity index (χ1) is 18.5. The maximum Gasteiger partial charge on any atom is 0.332 e. The van der Waals surface area contributed by atoms with Gasteiger partial charge < -0.3 is 26.8 Å². The number of halogens is 3. The van der Waals surface area contributed by atoms with Gasteiger partial charge in [0.05, 0.1) is 20.6 Å². The lowest BCUT2D eigenvalue weighted by Crippen LogP contribution is -2.28. The van der Waals surface area contributed by atoms with Gasteiger partial charge in [-0.1, -0.05) is 41.4 Å². The molecule has 10 nitrogen and oxygen atoms in total. The summed E-state index contributed by atoms with van der Waals surface area (Å²) in [5, 5.41) is 5.94. The van der Waals surface area contributed by atoms with Gasteiger partial charge in [-0.05, 0) is 59.7 Å². The summed E-state index contributed by atoms with van der Waals surface area (Å²) in [6.07, 6.45) is 0. The summed E-state index contributed by atoms with van der Waals surface area (Å²) in [4.78, 5) is 20.0. The van der Waals surface area contributed by atoms with Crippen molar-refractivity contribution in [1.82, 2.24) is 15.3 Å². The highest BCUT2D eigenvalue weighted by atomic mass is 35.5. The summed E-state index contributed by atoms with van der Waals surface area (Å²) in [6.45, 7) is 0.235. The van der Waals surface area contributed by atoms with Gasteiger partial charge >= 0.3 is 16.3 Å². The van der Waals surface area contributed by atoms with E-state index in [0.717, 1.165) is 17.7 Å². The Bertz CT molecular complexity index is 1620. The largest absolute Gasteiger partial charge is 0.487 e. The standard InChI is InChI=1S/C25H21Cl2FN6O4S/c26-19-10-3-15(11-20(19)27)22-21(33-24(30)34-23(22)29)13-38-17-6-1-14(2-7-17)12-31-25(35)32-16-4-8-18(9-5-16)39(28,36)37/h1-11H,12-13H2,(H2,31,32,35)(H4,29,30,33,34). The van der Waals surface area contributed by atoms with Gasteiger partial charge in [-0.25, -0.2) is 9.78 Å². The van der Waals surface area contributed by atoms with Crippen LogP contribution in [0.4, 0.5) is 26.1 Å². The van der Waals surface area contributed by atoms with E-state index in [0.29, 0.717) is 38.3 Å². The molecule has 0 radical (unpaired) electrons. The first-order valence-electron chi connectivity index (χ1n) is 11.2. The summed E-state index contributed by atoms with van der Waals surface area (Å²) in [7, 11) is -4.81. The molecule has 1 aromatic heterocycles. The minimum absolute atomic E-state index is 0.00185. The van der Waals surface area contributed by atoms with Gasteiger partial charge in [0, 0.05) is 17.8 Å². The highest BCUT2D eigenvalue weighted by Gasteiger charge is 2.16. The Hall–Kier alpha value is -4.13. The van der Waals surface area contributed by atoms with E-state index in [1.807, 2.05) is 0 Å². The van der Waals surface area contributed by atoms with E-state index < -0.39 is 21.1 Å². The summed E-state index contributed by atoms with van der Waals surface area (Å²) < 4.78 is 40.6. The third-order valence-electron chi connectivity index (χ3n) is 5.38. The van der Waals surface area contributed by atoms with E-state index in [2.05, 4.69) is 20.6 Å². The van der Waals surface area contributed by atoms with Crippen LogP contribution in [-0.4, -0.2) is 24.4 Å². The van der Waals surface area contributed by atoms with Gasteiger partial charge in [-0.3, -0.25) is 0 Å². The monoisotopic (exact) mass is 590 g/mol. The molecule has 6 N–H and O–H groups in total. The minimum Gasteiger partial charge on any atom is -0.487 e. The number of hydrogen-bond donors (Lipinski definition) is 4. The molecule has 0 aliphatic rings. The van der Waals surface area contributed by atoms with Crippen LogP contribution in [0.15, 0.2) is 71.6 Å². The molecule has 0 fully saturated rings. The van der Waals surface area contributed by atoms with Crippen LogP contribution in [0, 0.1) is 0 Å². The molecular weight excluding hydrogens is 570 g/mol. The van der Waals surface area contributed by atoms with Crippen molar-refractivity contribution < 1.29 is 21.8 Å². The normalized spacial score (nSPS) is 11.2. The molecule has 0 spiro atoms. The molecule has 0 unspecified atom stereocenters. The fourth-order valence-corrected chi connectivity index (χ4v) is 4.29. The molecule has 39 heavy (non-hydrogen) atoms. The van der Waals surface area contributed by atoms with Crippen molar-refractivity contribution in [2.24, 2.45) is 0 Å². The highest BCUT2D eigenvalue weighted by molar-refractivity contribution is 7.86. The van der Waals surface area contributed by atoms with Crippen molar-refractivity contribution in [1.29, 1.82) is 0 Å². The van der Waals surface area contributed by atoms with E-state index in [4.69, 9.17) is 39.4 Å². The topological polar surface area (TPSA) is 162 Å². The van der Waals surface area contributed by atoms with E-state index in [-0.39, 0.29) is 24.9 Å². The van der Waals surface area contributed by atoms with Gasteiger partial charge in [0.25, 0.3) is 0 Å². The van der Waals surface area contributed by atoms with Crippen LogP contribution in [0.5, 0.6) is 5.75 Å². The lowest BCUT2D eigenvalue weighted by Gasteiger charge is -2.14. The second kappa shape index (κ2) is 11.7. The first-order valence-corrected chi connectivity index (χ1v) is 13.3. The molecule has 4 aromatic rings. The third-order valence-corrected chi connectivity index (χ3v) is 6.96. The summed E-state index contributed by atoms with van der Waals surface area (Å²) >= 11 is 12.2. The molecule has 14 heteroatoms. The van der Waals surface area contributed by atoms with E-state index in [1.165, 1.54) is 12.1 Å². The molecule has 4 rings (SSSR count). The number of hydrogen-bond acceptors (Lipinski definition) is 8. The number of ether oxygens (including phenoxy) is 1. The van der Waals surface area contributed by atoms with Crippen LogP contribution in [0.1, 0.15) is 11.3 Å². The summed E-state index contributed by atoms with van der Waals surface area (Å²) in [5.41, 5.74) is 14.6. The van der Waals surface area contributed by atoms with Crippen molar-refractivity contribution >= 4 is 56.9 Å². The van der Waals surface area contributed by atoms with E-state index in [1.54, 1.807) is 42.5 Å². The molecule has 1 heterocycles. The Balaban J connectivity index is 1.36. The number of carbonyl (C=O) groups is 1. The average Bonchev–Trinajstić information content (AvgIpc) is 2.88. The van der Waals surface area contributed by atoms with E-state index in [9.17, 15) is 17.1 Å². The predicted octanol–water partition coefficient (Wildman–Crippen LogP) is 5.17. The number of amides is 2. The number of nitrogens with one attached hydrogen (secondary N) is 2. The average molecular weight is 591 g/mol. The van der Waals surface area contributed by atoms with Crippen molar-refractivity contribution in [2.75, 3.05) is 16.8 Å². The van der Waals surface area contributed by atoms with Crippen LogP contribution in [-0.2, 0) is 23.4 Å². The SMILES string of the molecule is Nc1nc(N)c(-c2ccc(Cl)c(Cl)c2)c(COc2ccc(CNC(=O)Nc3ccc(S(=O)(=O)F)cc3)cc2)n1. The number of aromatic nitrogens is 2. The first kappa shape index (κ1) is 27.9. The Morgan fingerprint density at radius 1 is 0.949 bits per heavy atom. The zero-order valence-electron chi connectivity index (χ0n) is 20.0. The number of rotatable bonds is 8. The molecule has 0 atom stereocenters. The number of anilines is 3. The van der Waals surface area contributed by atoms with Crippen molar-refractivity contribution in [2.45, 2.75) is 18.0 Å². The fourth-order valence-electron chi connectivity index (χ4n) is 3.53. The molecule has 0 aliphatic heterocycles. The number of urea groups is 1. The number of nitrogens with two attached hydrogens (primary N) is 2. The third kappa shape index (κ3) is 7.25. The van der Waals surface area contributed by atoms with Gasteiger partial charge in [0.15, 0.2) is 0 Å². The Morgan fingerprint density at radius 2 is 1.64 bits per heavy atom. The highest BCUT2D eigenvalue weighted by Crippen LogP contribution is 2.33. The minimum atomic E-state index is -4.81. The predicted molar refractivity (Wildman–Crippen MR) is 148 cm³/mol. The smallest absolute Gasteiger partial charge is 0.332 e. The van der Waals surface area contributed by atoms with Crippen LogP contribution < -0.4 is 26.8 Å². The Morgan fingerprint density at radius 3 is 2.28 bits per heavy atom. The van der Waals surface area contributed by atoms with E-state index >= 15 is 0 Å². The van der Waals surface area contributed by atoms with Gasteiger partial charge in [0.2, 0.25) is 5.95 Å². The number of benzene rings is 3. The molecular formula is C25H21Cl2FN6O4S. The zero-order chi connectivity index (χ0) is 28.2. The summed E-state index contributed by atoms with van der Waals surface area (Å²) in [5.74, 6) is 0.697. The molecule has 0 saturated heterocycles. The number of nitrogen functional groups attached to an aromatic ring is 2. The molecule has 0 saturated carbocycles. The van der Waals surface area contributed by atoms with Gasteiger partial charge in [-0.2, -0.15) is 13.4 Å². The molecule has 3 aromatic carbocycles. The zero-order valence-corrected chi connectivity index (χ0v) is 22.3. The molecule has 0 bridgehead atoms. The number of nitrogens with zero attached hydrogens (tertiary/aromatic N) is 2. The molecule has 0 aliphatic carbocycles. The van der Waals surface area contributed by atoms with Crippen LogP contribution >= 0.6 is 23.2 Å². The summed E-state index contributed by atoms with van der Waals surface area (Å²) in [6, 6.07) is 16.1. The Labute approximate surface area is 233 Å². The molecule has 2 amide bonds. The second-order valence-electron chi connectivity index (χ2n) is 8.12. The van der Waals surface area contributed by atoms with Crippen molar-refractivity contribution in [3.63, 3.8) is 0 Å². The van der Waals surface area contributed by atoms with Crippen molar-refractivity contribution in [3.8, 4) is 16.9 Å². The lowest BCUT2D eigenvalue weighted by molar-refractivity contribution is 0.251. The van der Waals surface area contributed by atoms with Crippen molar-refractivity contribution in [3.05, 3.63) is 88.0 Å². The van der Waals surface area contributed by atoms with Crippen LogP contribution in [0.3, 0.4) is 0 Å². The second-order valence-corrected chi connectivity index (χ2v) is 10.3.